The third-order valence-electron chi connectivity index (χ3n) is 3.80. The summed E-state index contributed by atoms with van der Waals surface area (Å²) in [5, 5.41) is -0.671. The Bertz CT molecular complexity index is 673. The standard InChI is InChI=1S/C18H23NO5S/c1-5-6-16(20)24-14-9-12(7-8-13(14)23-4)10-15-17(21)19(11(2)3)18(22)25-15/h7-9,11,15H,5-6,10H2,1-4H3. The number of hydrogen-bond acceptors (Lipinski definition) is 6. The van der Waals surface area contributed by atoms with Gasteiger partial charge in [-0.1, -0.05) is 24.8 Å². The summed E-state index contributed by atoms with van der Waals surface area (Å²) >= 11 is 1.04. The summed E-state index contributed by atoms with van der Waals surface area (Å²) in [5.41, 5.74) is 0.810. The number of imide groups is 1. The molecule has 2 rings (SSSR count). The molecular weight excluding hydrogens is 342 g/mol. The highest BCUT2D eigenvalue weighted by atomic mass is 32.2. The highest BCUT2D eigenvalue weighted by Crippen LogP contribution is 2.34. The number of rotatable bonds is 7. The number of amides is 2. The van der Waals surface area contributed by atoms with Crippen LogP contribution >= 0.6 is 11.8 Å². The molecular formula is C18H23NO5S. The van der Waals surface area contributed by atoms with E-state index in [0.717, 1.165) is 17.3 Å². The van der Waals surface area contributed by atoms with Crippen molar-refractivity contribution in [2.24, 2.45) is 0 Å². The van der Waals surface area contributed by atoms with Gasteiger partial charge in [0, 0.05) is 12.5 Å². The molecule has 1 aromatic rings. The maximum absolute atomic E-state index is 12.4. The molecule has 1 aliphatic rings. The fourth-order valence-corrected chi connectivity index (χ4v) is 3.74. The van der Waals surface area contributed by atoms with E-state index in [1.807, 2.05) is 26.8 Å². The van der Waals surface area contributed by atoms with E-state index in [1.165, 1.54) is 12.0 Å². The SMILES string of the molecule is CCCC(=O)Oc1cc(CC2SC(=O)N(C(C)C)C2=O)ccc1OC. The van der Waals surface area contributed by atoms with Crippen LogP contribution in [0.3, 0.4) is 0 Å². The van der Waals surface area contributed by atoms with Gasteiger partial charge in [0.15, 0.2) is 11.5 Å². The Kier molecular flexibility index (Phi) is 6.47. The van der Waals surface area contributed by atoms with Gasteiger partial charge in [0.2, 0.25) is 5.91 Å². The molecule has 7 heteroatoms. The zero-order valence-corrected chi connectivity index (χ0v) is 15.7. The molecule has 0 radical (unpaired) electrons. The maximum atomic E-state index is 12.4. The Morgan fingerprint density at radius 2 is 2.00 bits per heavy atom. The van der Waals surface area contributed by atoms with Crippen molar-refractivity contribution in [2.75, 3.05) is 7.11 Å². The zero-order chi connectivity index (χ0) is 18.6. The third kappa shape index (κ3) is 4.54. The number of carbonyl (C=O) groups excluding carboxylic acids is 3. The number of esters is 1. The van der Waals surface area contributed by atoms with E-state index in [1.54, 1.807) is 12.1 Å². The lowest BCUT2D eigenvalue weighted by Crippen LogP contribution is -2.37. The normalized spacial score (nSPS) is 17.3. The predicted octanol–water partition coefficient (Wildman–Crippen LogP) is 3.42. The van der Waals surface area contributed by atoms with E-state index in [-0.39, 0.29) is 23.2 Å². The van der Waals surface area contributed by atoms with Gasteiger partial charge in [-0.15, -0.1) is 0 Å². The molecule has 1 heterocycles. The fraction of sp³-hybridized carbons (Fsp3) is 0.500. The molecule has 25 heavy (non-hydrogen) atoms. The second-order valence-corrected chi connectivity index (χ2v) is 7.24. The van der Waals surface area contributed by atoms with Crippen LogP contribution in [0.1, 0.15) is 39.2 Å². The van der Waals surface area contributed by atoms with Gasteiger partial charge in [0.25, 0.3) is 5.24 Å². The average molecular weight is 365 g/mol. The minimum Gasteiger partial charge on any atom is -0.493 e. The summed E-state index contributed by atoms with van der Waals surface area (Å²) < 4.78 is 10.6. The van der Waals surface area contributed by atoms with Gasteiger partial charge in [-0.05, 0) is 44.4 Å². The highest BCUT2D eigenvalue weighted by molar-refractivity contribution is 8.15. The number of benzene rings is 1. The van der Waals surface area contributed by atoms with Crippen LogP contribution in [0.2, 0.25) is 0 Å². The van der Waals surface area contributed by atoms with Crippen molar-refractivity contribution in [3.05, 3.63) is 23.8 Å². The summed E-state index contributed by atoms with van der Waals surface area (Å²) in [4.78, 5) is 37.5. The third-order valence-corrected chi connectivity index (χ3v) is 4.85. The second-order valence-electron chi connectivity index (χ2n) is 6.09. The van der Waals surface area contributed by atoms with E-state index in [9.17, 15) is 14.4 Å². The Morgan fingerprint density at radius 1 is 1.28 bits per heavy atom. The molecule has 0 saturated carbocycles. The maximum Gasteiger partial charge on any atom is 0.311 e. The molecule has 1 aliphatic heterocycles. The first-order valence-corrected chi connectivity index (χ1v) is 9.16. The van der Waals surface area contributed by atoms with Crippen LogP contribution in [0.25, 0.3) is 0 Å². The Balaban J connectivity index is 2.16. The molecule has 1 atom stereocenters. The van der Waals surface area contributed by atoms with Crippen molar-refractivity contribution in [3.8, 4) is 11.5 Å². The first-order chi connectivity index (χ1) is 11.9. The van der Waals surface area contributed by atoms with Crippen molar-refractivity contribution in [1.29, 1.82) is 0 Å². The fourth-order valence-electron chi connectivity index (χ4n) is 2.59. The van der Waals surface area contributed by atoms with Gasteiger partial charge in [0.1, 0.15) is 0 Å². The smallest absolute Gasteiger partial charge is 0.311 e. The molecule has 0 spiro atoms. The van der Waals surface area contributed by atoms with Crippen LogP contribution < -0.4 is 9.47 Å². The quantitative estimate of drug-likeness (QED) is 0.545. The topological polar surface area (TPSA) is 72.9 Å². The zero-order valence-electron chi connectivity index (χ0n) is 14.9. The van der Waals surface area contributed by atoms with Gasteiger partial charge in [-0.3, -0.25) is 19.3 Å². The van der Waals surface area contributed by atoms with Crippen LogP contribution in [0.5, 0.6) is 11.5 Å². The lowest BCUT2D eigenvalue weighted by Gasteiger charge is -2.18. The number of thioether (sulfide) groups is 1. The van der Waals surface area contributed by atoms with Crippen LogP contribution in [0, 0.1) is 0 Å². The van der Waals surface area contributed by atoms with Crippen LogP contribution in [0.15, 0.2) is 18.2 Å². The number of hydrogen-bond donors (Lipinski definition) is 0. The largest absolute Gasteiger partial charge is 0.493 e. The monoisotopic (exact) mass is 365 g/mol. The van der Waals surface area contributed by atoms with Crippen molar-refractivity contribution in [3.63, 3.8) is 0 Å². The number of carbonyl (C=O) groups is 3. The van der Waals surface area contributed by atoms with Gasteiger partial charge in [-0.2, -0.15) is 0 Å². The van der Waals surface area contributed by atoms with Crippen LogP contribution in [0.4, 0.5) is 4.79 Å². The minimum atomic E-state index is -0.456. The molecule has 0 aliphatic carbocycles. The van der Waals surface area contributed by atoms with E-state index in [4.69, 9.17) is 9.47 Å². The molecule has 1 aromatic carbocycles. The molecule has 6 nitrogen and oxygen atoms in total. The molecule has 2 amide bonds. The van der Waals surface area contributed by atoms with Crippen LogP contribution in [-0.2, 0) is 16.0 Å². The number of ether oxygens (including phenoxy) is 2. The molecule has 1 unspecified atom stereocenters. The average Bonchev–Trinajstić information content (AvgIpc) is 2.82. The van der Waals surface area contributed by atoms with Gasteiger partial charge in [-0.25, -0.2) is 0 Å². The Labute approximate surface area is 151 Å². The van der Waals surface area contributed by atoms with E-state index in [0.29, 0.717) is 30.8 Å². The van der Waals surface area contributed by atoms with E-state index >= 15 is 0 Å². The Hall–Kier alpha value is -2.02. The van der Waals surface area contributed by atoms with E-state index in [2.05, 4.69) is 0 Å². The summed E-state index contributed by atoms with van der Waals surface area (Å²) in [5.74, 6) is 0.287. The minimum absolute atomic E-state index is 0.154. The highest BCUT2D eigenvalue weighted by Gasteiger charge is 2.40. The molecule has 0 N–H and O–H groups in total. The molecule has 136 valence electrons. The first-order valence-electron chi connectivity index (χ1n) is 8.28. The van der Waals surface area contributed by atoms with Crippen molar-refractivity contribution in [2.45, 2.75) is 51.3 Å². The van der Waals surface area contributed by atoms with Gasteiger partial charge in [0.05, 0.1) is 12.4 Å². The summed E-state index contributed by atoms with van der Waals surface area (Å²) in [7, 11) is 1.50. The van der Waals surface area contributed by atoms with Crippen molar-refractivity contribution >= 4 is 28.9 Å². The molecule has 0 bridgehead atoms. The number of methoxy groups -OCH3 is 1. The van der Waals surface area contributed by atoms with E-state index < -0.39 is 5.25 Å². The molecule has 1 saturated heterocycles. The number of nitrogens with zero attached hydrogens (tertiary/aromatic N) is 1. The summed E-state index contributed by atoms with van der Waals surface area (Å²) in [6.45, 7) is 5.53. The lowest BCUT2D eigenvalue weighted by molar-refractivity contribution is -0.134. The van der Waals surface area contributed by atoms with Crippen molar-refractivity contribution < 1.29 is 23.9 Å². The van der Waals surface area contributed by atoms with Crippen molar-refractivity contribution in [1.82, 2.24) is 4.90 Å². The Morgan fingerprint density at radius 3 is 2.56 bits per heavy atom. The summed E-state index contributed by atoms with van der Waals surface area (Å²) in [6, 6.07) is 5.06. The van der Waals surface area contributed by atoms with Gasteiger partial charge >= 0.3 is 5.97 Å². The van der Waals surface area contributed by atoms with Gasteiger partial charge < -0.3 is 9.47 Å². The van der Waals surface area contributed by atoms with Crippen LogP contribution in [-0.4, -0.2) is 40.4 Å². The lowest BCUT2D eigenvalue weighted by atomic mass is 10.1. The summed E-state index contributed by atoms with van der Waals surface area (Å²) in [6.07, 6.45) is 1.41. The molecule has 0 aromatic heterocycles. The first kappa shape index (κ1) is 19.3. The molecule has 1 fully saturated rings. The predicted molar refractivity (Wildman–Crippen MR) is 96.0 cm³/mol. The second kappa shape index (κ2) is 8.38.